The Morgan fingerprint density at radius 1 is 1.56 bits per heavy atom. The number of hydrogen-bond acceptors (Lipinski definition) is 4. The second kappa shape index (κ2) is 6.86. The fourth-order valence-electron chi connectivity index (χ4n) is 1.56. The molecule has 5 heteroatoms. The molecule has 0 aliphatic rings. The second-order valence-corrected chi connectivity index (χ2v) is 4.26. The van der Waals surface area contributed by atoms with Gasteiger partial charge >= 0.3 is 0 Å². The lowest BCUT2D eigenvalue weighted by Gasteiger charge is -2.08. The summed E-state index contributed by atoms with van der Waals surface area (Å²) in [5, 5.41) is 12.3. The molecule has 0 heterocycles. The number of aromatic hydroxyl groups is 1. The van der Waals surface area contributed by atoms with Crippen molar-refractivity contribution >= 4 is 5.91 Å². The van der Waals surface area contributed by atoms with Crippen LogP contribution in [0, 0.1) is 0 Å². The number of phenols is 1. The molecular weight excluding hydrogens is 232 g/mol. The number of nitrogens with two attached hydrogens (primary N) is 1. The normalized spacial score (nSPS) is 11.9. The molecule has 1 unspecified atom stereocenters. The van der Waals surface area contributed by atoms with Crippen LogP contribution in [-0.2, 0) is 0 Å². The molecule has 1 rings (SSSR count). The molecular formula is C13H20N2O3. The number of amides is 1. The zero-order chi connectivity index (χ0) is 13.5. The van der Waals surface area contributed by atoms with Gasteiger partial charge in [0.1, 0.15) is 0 Å². The molecule has 1 amide bonds. The number of rotatable bonds is 6. The van der Waals surface area contributed by atoms with E-state index < -0.39 is 0 Å². The van der Waals surface area contributed by atoms with Crippen LogP contribution in [0.3, 0.4) is 0 Å². The largest absolute Gasteiger partial charge is 0.504 e. The molecule has 0 spiro atoms. The Morgan fingerprint density at radius 3 is 2.83 bits per heavy atom. The molecule has 100 valence electrons. The van der Waals surface area contributed by atoms with Crippen molar-refractivity contribution in [3.05, 3.63) is 23.8 Å². The number of methoxy groups -OCH3 is 1. The lowest BCUT2D eigenvalue weighted by molar-refractivity contribution is 0.0952. The Kier molecular flexibility index (Phi) is 5.45. The van der Waals surface area contributed by atoms with Crippen LogP contribution in [-0.4, -0.2) is 30.7 Å². The standard InChI is InChI=1S/C13H20N2O3/c1-9(14)4-3-7-15-13(17)10-5-6-12(18-2)11(16)8-10/h5-6,8-9,16H,3-4,7,14H2,1-2H3,(H,15,17). The van der Waals surface area contributed by atoms with E-state index >= 15 is 0 Å². The van der Waals surface area contributed by atoms with E-state index in [4.69, 9.17) is 10.5 Å². The van der Waals surface area contributed by atoms with Crippen molar-refractivity contribution < 1.29 is 14.6 Å². The third-order valence-corrected chi connectivity index (χ3v) is 2.56. The fourth-order valence-corrected chi connectivity index (χ4v) is 1.56. The number of benzene rings is 1. The van der Waals surface area contributed by atoms with Gasteiger partial charge in [0, 0.05) is 18.2 Å². The summed E-state index contributed by atoms with van der Waals surface area (Å²) < 4.78 is 4.91. The Morgan fingerprint density at radius 2 is 2.28 bits per heavy atom. The Bertz CT molecular complexity index is 405. The number of carbonyl (C=O) groups excluding carboxylic acids is 1. The summed E-state index contributed by atoms with van der Waals surface area (Å²) >= 11 is 0. The zero-order valence-electron chi connectivity index (χ0n) is 10.8. The van der Waals surface area contributed by atoms with E-state index in [1.165, 1.54) is 13.2 Å². The lowest BCUT2D eigenvalue weighted by atomic mass is 10.1. The van der Waals surface area contributed by atoms with Gasteiger partial charge in [-0.05, 0) is 38.0 Å². The van der Waals surface area contributed by atoms with Gasteiger partial charge in [-0.15, -0.1) is 0 Å². The molecule has 0 aliphatic carbocycles. The number of hydrogen-bond donors (Lipinski definition) is 3. The van der Waals surface area contributed by atoms with Gasteiger partial charge < -0.3 is 20.9 Å². The van der Waals surface area contributed by atoms with Crippen LogP contribution in [0.5, 0.6) is 11.5 Å². The van der Waals surface area contributed by atoms with Gasteiger partial charge in [-0.3, -0.25) is 4.79 Å². The topological polar surface area (TPSA) is 84.6 Å². The maximum Gasteiger partial charge on any atom is 0.251 e. The van der Waals surface area contributed by atoms with Crippen LogP contribution >= 0.6 is 0 Å². The van der Waals surface area contributed by atoms with E-state index in [0.29, 0.717) is 17.9 Å². The third-order valence-electron chi connectivity index (χ3n) is 2.56. The third kappa shape index (κ3) is 4.25. The van der Waals surface area contributed by atoms with Crippen molar-refractivity contribution in [1.82, 2.24) is 5.32 Å². The van der Waals surface area contributed by atoms with Crippen LogP contribution in [0.1, 0.15) is 30.1 Å². The first-order valence-corrected chi connectivity index (χ1v) is 5.95. The summed E-state index contributed by atoms with van der Waals surface area (Å²) in [6.45, 7) is 2.51. The smallest absolute Gasteiger partial charge is 0.251 e. The highest BCUT2D eigenvalue weighted by atomic mass is 16.5. The maximum atomic E-state index is 11.7. The number of ether oxygens (including phenoxy) is 1. The molecule has 1 aromatic carbocycles. The molecule has 0 fully saturated rings. The van der Waals surface area contributed by atoms with E-state index in [1.807, 2.05) is 6.92 Å². The second-order valence-electron chi connectivity index (χ2n) is 4.26. The first-order chi connectivity index (χ1) is 8.54. The molecule has 0 saturated heterocycles. The fraction of sp³-hybridized carbons (Fsp3) is 0.462. The highest BCUT2D eigenvalue weighted by Gasteiger charge is 2.08. The van der Waals surface area contributed by atoms with Gasteiger partial charge in [-0.1, -0.05) is 0 Å². The molecule has 1 atom stereocenters. The van der Waals surface area contributed by atoms with Gasteiger partial charge in [0.15, 0.2) is 11.5 Å². The minimum absolute atomic E-state index is 0.0410. The molecule has 0 radical (unpaired) electrons. The quantitative estimate of drug-likeness (QED) is 0.665. The maximum absolute atomic E-state index is 11.7. The minimum atomic E-state index is -0.211. The average Bonchev–Trinajstić information content (AvgIpc) is 2.34. The van der Waals surface area contributed by atoms with Gasteiger partial charge in [-0.25, -0.2) is 0 Å². The van der Waals surface area contributed by atoms with E-state index in [9.17, 15) is 9.90 Å². The Labute approximate surface area is 107 Å². The van der Waals surface area contributed by atoms with Crippen molar-refractivity contribution in [2.45, 2.75) is 25.8 Å². The summed E-state index contributed by atoms with van der Waals surface area (Å²) in [5.74, 6) is 0.0989. The highest BCUT2D eigenvalue weighted by molar-refractivity contribution is 5.94. The molecule has 4 N–H and O–H groups in total. The van der Waals surface area contributed by atoms with Crippen molar-refractivity contribution in [2.24, 2.45) is 5.73 Å². The van der Waals surface area contributed by atoms with E-state index in [1.54, 1.807) is 12.1 Å². The van der Waals surface area contributed by atoms with Crippen LogP contribution in [0.15, 0.2) is 18.2 Å². The van der Waals surface area contributed by atoms with E-state index in [-0.39, 0.29) is 17.7 Å². The van der Waals surface area contributed by atoms with Crippen LogP contribution < -0.4 is 15.8 Å². The molecule has 5 nitrogen and oxygen atoms in total. The summed E-state index contributed by atoms with van der Waals surface area (Å²) in [7, 11) is 1.46. The van der Waals surface area contributed by atoms with Crippen LogP contribution in [0.25, 0.3) is 0 Å². The van der Waals surface area contributed by atoms with E-state index in [2.05, 4.69) is 5.32 Å². The number of carbonyl (C=O) groups is 1. The van der Waals surface area contributed by atoms with Gasteiger partial charge in [0.25, 0.3) is 5.91 Å². The van der Waals surface area contributed by atoms with Crippen LogP contribution in [0.4, 0.5) is 0 Å². The minimum Gasteiger partial charge on any atom is -0.504 e. The molecule has 0 aromatic heterocycles. The van der Waals surface area contributed by atoms with Gasteiger partial charge in [0.2, 0.25) is 0 Å². The average molecular weight is 252 g/mol. The summed E-state index contributed by atoms with van der Waals surface area (Å²) in [6.07, 6.45) is 1.71. The summed E-state index contributed by atoms with van der Waals surface area (Å²) in [4.78, 5) is 11.7. The summed E-state index contributed by atoms with van der Waals surface area (Å²) in [5.41, 5.74) is 6.02. The van der Waals surface area contributed by atoms with Crippen molar-refractivity contribution in [1.29, 1.82) is 0 Å². The predicted octanol–water partition coefficient (Wildman–Crippen LogP) is 1.26. The SMILES string of the molecule is COc1ccc(C(=O)NCCCC(C)N)cc1O. The molecule has 1 aromatic rings. The molecule has 0 aliphatic heterocycles. The van der Waals surface area contributed by atoms with Crippen LogP contribution in [0.2, 0.25) is 0 Å². The summed E-state index contributed by atoms with van der Waals surface area (Å²) in [6, 6.07) is 4.71. The van der Waals surface area contributed by atoms with Gasteiger partial charge in [-0.2, -0.15) is 0 Å². The monoisotopic (exact) mass is 252 g/mol. The predicted molar refractivity (Wildman–Crippen MR) is 69.9 cm³/mol. The molecule has 0 bridgehead atoms. The Balaban J connectivity index is 2.49. The first kappa shape index (κ1) is 14.3. The van der Waals surface area contributed by atoms with Gasteiger partial charge in [0.05, 0.1) is 7.11 Å². The molecule has 0 saturated carbocycles. The lowest BCUT2D eigenvalue weighted by Crippen LogP contribution is -2.26. The van der Waals surface area contributed by atoms with Crippen molar-refractivity contribution in [3.63, 3.8) is 0 Å². The zero-order valence-corrected chi connectivity index (χ0v) is 10.8. The number of phenolic OH excluding ortho intramolecular Hbond substituents is 1. The number of nitrogens with one attached hydrogen (secondary N) is 1. The Hall–Kier alpha value is -1.75. The van der Waals surface area contributed by atoms with Crippen molar-refractivity contribution in [3.8, 4) is 11.5 Å². The first-order valence-electron chi connectivity index (χ1n) is 5.95. The highest BCUT2D eigenvalue weighted by Crippen LogP contribution is 2.25. The molecule has 18 heavy (non-hydrogen) atoms. The van der Waals surface area contributed by atoms with E-state index in [0.717, 1.165) is 12.8 Å². The van der Waals surface area contributed by atoms with Crippen molar-refractivity contribution in [2.75, 3.05) is 13.7 Å².